The second kappa shape index (κ2) is 6.58. The van der Waals surface area contributed by atoms with E-state index in [0.717, 1.165) is 30.0 Å². The van der Waals surface area contributed by atoms with Gasteiger partial charge in [-0.15, -0.1) is 11.6 Å². The van der Waals surface area contributed by atoms with Crippen LogP contribution in [-0.4, -0.2) is 10.4 Å². The van der Waals surface area contributed by atoms with E-state index in [-0.39, 0.29) is 5.38 Å². The van der Waals surface area contributed by atoms with Crippen molar-refractivity contribution in [1.82, 2.24) is 4.98 Å². The van der Waals surface area contributed by atoms with Gasteiger partial charge in [-0.25, -0.2) is 0 Å². The Morgan fingerprint density at radius 1 is 1.10 bits per heavy atom. The Morgan fingerprint density at radius 3 is 2.75 bits per heavy atom. The summed E-state index contributed by atoms with van der Waals surface area (Å²) in [6, 6.07) is 12.5. The van der Waals surface area contributed by atoms with E-state index in [4.69, 9.17) is 16.6 Å². The molecule has 0 N–H and O–H groups in total. The maximum atomic E-state index is 6.50. The minimum atomic E-state index is 0.226. The molecule has 1 fully saturated rings. The van der Waals surface area contributed by atoms with Crippen molar-refractivity contribution in [3.05, 3.63) is 42.1 Å². The van der Waals surface area contributed by atoms with Gasteiger partial charge >= 0.3 is 0 Å². The highest BCUT2D eigenvalue weighted by atomic mass is 35.5. The number of halogens is 1. The third kappa shape index (κ3) is 3.52. The molecule has 0 aliphatic heterocycles. The van der Waals surface area contributed by atoms with Gasteiger partial charge in [0, 0.05) is 22.9 Å². The van der Waals surface area contributed by atoms with Gasteiger partial charge in [-0.3, -0.25) is 4.98 Å². The van der Waals surface area contributed by atoms with Crippen LogP contribution in [0, 0.1) is 5.92 Å². The zero-order valence-electron chi connectivity index (χ0n) is 11.9. The first-order chi connectivity index (χ1) is 9.81. The van der Waals surface area contributed by atoms with Crippen LogP contribution in [0.1, 0.15) is 44.2 Å². The molecule has 3 rings (SSSR count). The van der Waals surface area contributed by atoms with Gasteiger partial charge in [-0.2, -0.15) is 0 Å². The van der Waals surface area contributed by atoms with E-state index >= 15 is 0 Å². The molecule has 106 valence electrons. The number of hydrogen-bond acceptors (Lipinski definition) is 1. The van der Waals surface area contributed by atoms with Crippen LogP contribution in [0.3, 0.4) is 0 Å². The summed E-state index contributed by atoms with van der Waals surface area (Å²) in [5.74, 6) is 0.931. The van der Waals surface area contributed by atoms with Crippen LogP contribution in [0.5, 0.6) is 0 Å². The Hall–Kier alpha value is -1.08. The minimum absolute atomic E-state index is 0.226. The van der Waals surface area contributed by atoms with Crippen molar-refractivity contribution in [1.29, 1.82) is 0 Å². The lowest BCUT2D eigenvalue weighted by atomic mass is 9.99. The van der Waals surface area contributed by atoms with Gasteiger partial charge < -0.3 is 0 Å². The van der Waals surface area contributed by atoms with Gasteiger partial charge in [0.2, 0.25) is 0 Å². The molecule has 2 heteroatoms. The fourth-order valence-electron chi connectivity index (χ4n) is 3.27. The number of alkyl halides is 1. The number of pyridine rings is 1. The molecule has 0 saturated heterocycles. The summed E-state index contributed by atoms with van der Waals surface area (Å²) in [7, 11) is 0. The lowest BCUT2D eigenvalue weighted by Gasteiger charge is -2.13. The van der Waals surface area contributed by atoms with Crippen molar-refractivity contribution < 1.29 is 0 Å². The molecule has 1 unspecified atom stereocenters. The molecule has 20 heavy (non-hydrogen) atoms. The maximum Gasteiger partial charge on any atom is 0.0705 e. The molecule has 0 spiro atoms. The maximum absolute atomic E-state index is 6.50. The molecular formula is C18H22ClN. The molecule has 0 radical (unpaired) electrons. The van der Waals surface area contributed by atoms with Crippen molar-refractivity contribution in [2.45, 2.75) is 50.3 Å². The number of rotatable bonds is 5. The van der Waals surface area contributed by atoms with Crippen LogP contribution >= 0.6 is 11.6 Å². The van der Waals surface area contributed by atoms with Crippen LogP contribution < -0.4 is 0 Å². The highest BCUT2D eigenvalue weighted by Crippen LogP contribution is 2.30. The molecule has 1 heterocycles. The fourth-order valence-corrected chi connectivity index (χ4v) is 3.55. The Balaban J connectivity index is 1.57. The second-order valence-electron chi connectivity index (χ2n) is 6.02. The first kappa shape index (κ1) is 13.9. The third-order valence-corrected chi connectivity index (χ3v) is 4.82. The van der Waals surface area contributed by atoms with E-state index in [1.165, 1.54) is 37.5 Å². The molecule has 1 aromatic carbocycles. The Labute approximate surface area is 126 Å². The van der Waals surface area contributed by atoms with Gasteiger partial charge in [0.15, 0.2) is 0 Å². The van der Waals surface area contributed by atoms with E-state index < -0.39 is 0 Å². The van der Waals surface area contributed by atoms with E-state index in [1.807, 2.05) is 6.07 Å². The summed E-state index contributed by atoms with van der Waals surface area (Å²) >= 11 is 6.50. The number of benzene rings is 1. The topological polar surface area (TPSA) is 12.9 Å². The van der Waals surface area contributed by atoms with Crippen molar-refractivity contribution >= 4 is 22.5 Å². The largest absolute Gasteiger partial charge is 0.253 e. The Kier molecular flexibility index (Phi) is 4.57. The van der Waals surface area contributed by atoms with Crippen molar-refractivity contribution in [2.24, 2.45) is 5.92 Å². The van der Waals surface area contributed by atoms with E-state index in [1.54, 1.807) is 0 Å². The summed E-state index contributed by atoms with van der Waals surface area (Å²) in [4.78, 5) is 4.71. The lowest BCUT2D eigenvalue weighted by molar-refractivity contribution is 0.475. The van der Waals surface area contributed by atoms with E-state index in [2.05, 4.69) is 30.3 Å². The molecule has 0 amide bonds. The SMILES string of the molecule is ClC(CCC1CCCC1)Cc1ccc2ccccc2n1. The van der Waals surface area contributed by atoms with Crippen molar-refractivity contribution in [2.75, 3.05) is 0 Å². The lowest BCUT2D eigenvalue weighted by Crippen LogP contribution is -2.07. The standard InChI is InChI=1S/C18H22ClN/c19-16(11-9-14-5-1-2-6-14)13-17-12-10-15-7-3-4-8-18(15)20-17/h3-4,7-8,10,12,14,16H,1-2,5-6,9,11,13H2. The molecule has 1 aromatic heterocycles. The van der Waals surface area contributed by atoms with E-state index in [0.29, 0.717) is 0 Å². The number of fused-ring (bicyclic) bond motifs is 1. The third-order valence-electron chi connectivity index (χ3n) is 4.45. The molecule has 2 aromatic rings. The van der Waals surface area contributed by atoms with Crippen molar-refractivity contribution in [3.8, 4) is 0 Å². The fraction of sp³-hybridized carbons (Fsp3) is 0.500. The van der Waals surface area contributed by atoms with Gasteiger partial charge in [0.05, 0.1) is 5.52 Å². The molecular weight excluding hydrogens is 266 g/mol. The van der Waals surface area contributed by atoms with Gasteiger partial charge in [0.25, 0.3) is 0 Å². The predicted molar refractivity (Wildman–Crippen MR) is 86.3 cm³/mol. The second-order valence-corrected chi connectivity index (χ2v) is 6.64. The van der Waals surface area contributed by atoms with Crippen LogP contribution in [0.4, 0.5) is 0 Å². The zero-order valence-corrected chi connectivity index (χ0v) is 12.6. The highest BCUT2D eigenvalue weighted by Gasteiger charge is 2.17. The minimum Gasteiger partial charge on any atom is -0.253 e. The van der Waals surface area contributed by atoms with Crippen LogP contribution in [0.25, 0.3) is 10.9 Å². The predicted octanol–water partition coefficient (Wildman–Crippen LogP) is 5.36. The van der Waals surface area contributed by atoms with Crippen LogP contribution in [-0.2, 0) is 6.42 Å². The first-order valence-electron chi connectivity index (χ1n) is 7.80. The van der Waals surface area contributed by atoms with Gasteiger partial charge in [0.1, 0.15) is 0 Å². The average molecular weight is 288 g/mol. The molecule has 1 aliphatic carbocycles. The molecule has 1 atom stereocenters. The normalized spacial score (nSPS) is 17.6. The number of hydrogen-bond donors (Lipinski definition) is 0. The molecule has 1 saturated carbocycles. The Morgan fingerprint density at radius 2 is 1.90 bits per heavy atom. The molecule has 1 aliphatic rings. The highest BCUT2D eigenvalue weighted by molar-refractivity contribution is 6.20. The summed E-state index contributed by atoms with van der Waals surface area (Å²) in [6.07, 6.45) is 8.98. The van der Waals surface area contributed by atoms with Gasteiger partial charge in [-0.05, 0) is 30.9 Å². The number of nitrogens with zero attached hydrogens (tertiary/aromatic N) is 1. The first-order valence-corrected chi connectivity index (χ1v) is 8.23. The molecule has 0 bridgehead atoms. The summed E-state index contributed by atoms with van der Waals surface area (Å²) in [5, 5.41) is 1.43. The smallest absolute Gasteiger partial charge is 0.0705 e. The van der Waals surface area contributed by atoms with E-state index in [9.17, 15) is 0 Å². The quantitative estimate of drug-likeness (QED) is 0.675. The monoisotopic (exact) mass is 287 g/mol. The van der Waals surface area contributed by atoms with Crippen LogP contribution in [0.15, 0.2) is 36.4 Å². The van der Waals surface area contributed by atoms with Gasteiger partial charge in [-0.1, -0.05) is 49.9 Å². The summed E-state index contributed by atoms with van der Waals surface area (Å²) in [6.45, 7) is 0. The average Bonchev–Trinajstić information content (AvgIpc) is 2.98. The van der Waals surface area contributed by atoms with Crippen LogP contribution in [0.2, 0.25) is 0 Å². The van der Waals surface area contributed by atoms with Crippen molar-refractivity contribution in [3.63, 3.8) is 0 Å². The number of para-hydroxylation sites is 1. The summed E-state index contributed by atoms with van der Waals surface area (Å²) in [5.41, 5.74) is 2.19. The zero-order chi connectivity index (χ0) is 13.8. The summed E-state index contributed by atoms with van der Waals surface area (Å²) < 4.78 is 0. The Bertz CT molecular complexity index is 560. The molecule has 1 nitrogen and oxygen atoms in total. The number of aromatic nitrogens is 1.